The Bertz CT molecular complexity index is 856. The van der Waals surface area contributed by atoms with Crippen LogP contribution in [-0.4, -0.2) is 45.3 Å². The van der Waals surface area contributed by atoms with Gasteiger partial charge in [-0.25, -0.2) is 0 Å². The number of aromatic hydroxyl groups is 4. The minimum absolute atomic E-state index is 0.272. The number of benzene rings is 2. The molecular weight excluding hydrogens is 388 g/mol. The zero-order valence-corrected chi connectivity index (χ0v) is 16.5. The predicted molar refractivity (Wildman–Crippen MR) is 110 cm³/mol. The molecule has 3 rings (SSSR count). The van der Waals surface area contributed by atoms with E-state index in [4.69, 9.17) is 0 Å². The molecule has 30 heavy (non-hydrogen) atoms. The van der Waals surface area contributed by atoms with Crippen LogP contribution in [0.5, 0.6) is 23.0 Å². The monoisotopic (exact) mass is 414 g/mol. The number of rotatable bonds is 6. The fourth-order valence-electron chi connectivity index (χ4n) is 3.78. The summed E-state index contributed by atoms with van der Waals surface area (Å²) in [6, 6.07) is 7.90. The van der Waals surface area contributed by atoms with Gasteiger partial charge in [0.05, 0.1) is 0 Å². The van der Waals surface area contributed by atoms with E-state index in [1.165, 1.54) is 36.4 Å². The quantitative estimate of drug-likeness (QED) is 0.402. The van der Waals surface area contributed by atoms with Crippen LogP contribution in [0.25, 0.3) is 0 Å². The topological polar surface area (TPSA) is 139 Å². The fourth-order valence-corrected chi connectivity index (χ4v) is 3.78. The summed E-state index contributed by atoms with van der Waals surface area (Å²) in [6.45, 7) is 0.994. The second-order valence-electron chi connectivity index (χ2n) is 7.73. The maximum Gasteiger partial charge on any atom is 0.251 e. The lowest BCUT2D eigenvalue weighted by Crippen LogP contribution is -2.35. The Kier molecular flexibility index (Phi) is 6.66. The Morgan fingerprint density at radius 1 is 0.733 bits per heavy atom. The van der Waals surface area contributed by atoms with Gasteiger partial charge in [-0.15, -0.1) is 0 Å². The Balaban J connectivity index is 1.46. The van der Waals surface area contributed by atoms with Crippen LogP contribution in [0.2, 0.25) is 0 Å². The fraction of sp³-hybridized carbons (Fsp3) is 0.364. The highest BCUT2D eigenvalue weighted by Gasteiger charge is 2.23. The van der Waals surface area contributed by atoms with Crippen molar-refractivity contribution in [2.75, 3.05) is 13.1 Å². The van der Waals surface area contributed by atoms with Crippen molar-refractivity contribution in [1.82, 2.24) is 10.6 Å². The number of nitrogens with one attached hydrogen (secondary N) is 2. The first-order valence-electron chi connectivity index (χ1n) is 9.94. The van der Waals surface area contributed by atoms with E-state index in [0.717, 1.165) is 25.7 Å². The number of amides is 2. The van der Waals surface area contributed by atoms with Crippen LogP contribution in [0.15, 0.2) is 36.4 Å². The van der Waals surface area contributed by atoms with Gasteiger partial charge < -0.3 is 31.1 Å². The zero-order valence-electron chi connectivity index (χ0n) is 16.5. The standard InChI is InChI=1S/C22H26N2O6/c25-17-6-4-15(9-19(17)27)21(29)23-11-13-2-1-3-14(8-13)12-24-22(30)16-5-7-18(26)20(28)10-16/h4-7,9-10,13-14,25-28H,1-3,8,11-12H2,(H,23,29)(H,24,30)/t13-,14+. The molecule has 6 N–H and O–H groups in total. The van der Waals surface area contributed by atoms with Gasteiger partial charge in [-0.3, -0.25) is 9.59 Å². The molecule has 2 atom stereocenters. The van der Waals surface area contributed by atoms with Crippen molar-refractivity contribution < 1.29 is 30.0 Å². The van der Waals surface area contributed by atoms with Gasteiger partial charge in [0.1, 0.15) is 0 Å². The summed E-state index contributed by atoms with van der Waals surface area (Å²) in [4.78, 5) is 24.5. The van der Waals surface area contributed by atoms with Crippen molar-refractivity contribution in [2.24, 2.45) is 11.8 Å². The zero-order chi connectivity index (χ0) is 21.7. The first kappa shape index (κ1) is 21.3. The molecule has 2 amide bonds. The van der Waals surface area contributed by atoms with Gasteiger partial charge >= 0.3 is 0 Å². The first-order valence-corrected chi connectivity index (χ1v) is 9.94. The molecule has 1 saturated carbocycles. The maximum absolute atomic E-state index is 12.3. The molecular formula is C22H26N2O6. The largest absolute Gasteiger partial charge is 0.504 e. The Morgan fingerprint density at radius 3 is 1.57 bits per heavy atom. The Hall–Kier alpha value is -3.42. The van der Waals surface area contributed by atoms with Crippen molar-refractivity contribution >= 4 is 11.8 Å². The van der Waals surface area contributed by atoms with E-state index in [1.54, 1.807) is 0 Å². The summed E-state index contributed by atoms with van der Waals surface area (Å²) in [6.07, 6.45) is 3.83. The molecule has 2 aromatic rings. The van der Waals surface area contributed by atoms with Gasteiger partial charge in [0, 0.05) is 24.2 Å². The predicted octanol–water partition coefficient (Wildman–Crippen LogP) is 2.48. The molecule has 0 saturated heterocycles. The smallest absolute Gasteiger partial charge is 0.251 e. The summed E-state index contributed by atoms with van der Waals surface area (Å²) in [7, 11) is 0. The van der Waals surface area contributed by atoms with Crippen molar-refractivity contribution in [2.45, 2.75) is 25.7 Å². The van der Waals surface area contributed by atoms with E-state index in [1.807, 2.05) is 0 Å². The summed E-state index contributed by atoms with van der Waals surface area (Å²) >= 11 is 0. The third kappa shape index (κ3) is 5.34. The number of hydrogen-bond acceptors (Lipinski definition) is 6. The molecule has 8 heteroatoms. The van der Waals surface area contributed by atoms with E-state index in [0.29, 0.717) is 13.1 Å². The molecule has 0 radical (unpaired) electrons. The molecule has 1 aliphatic carbocycles. The summed E-state index contributed by atoms with van der Waals surface area (Å²) in [5.74, 6) is -1.27. The SMILES string of the molecule is O=C(NC[C@H]1CCC[C@@H](CNC(=O)c2ccc(O)c(O)c2)C1)c1ccc(O)c(O)c1. The molecule has 0 heterocycles. The number of hydrogen-bond donors (Lipinski definition) is 6. The highest BCUT2D eigenvalue weighted by Crippen LogP contribution is 2.29. The lowest BCUT2D eigenvalue weighted by Gasteiger charge is -2.29. The lowest BCUT2D eigenvalue weighted by molar-refractivity contribution is 0.0935. The Morgan fingerprint density at radius 2 is 1.17 bits per heavy atom. The van der Waals surface area contributed by atoms with Crippen molar-refractivity contribution in [1.29, 1.82) is 0 Å². The maximum atomic E-state index is 12.3. The van der Waals surface area contributed by atoms with Crippen LogP contribution >= 0.6 is 0 Å². The van der Waals surface area contributed by atoms with Crippen LogP contribution in [0, 0.1) is 11.8 Å². The van der Waals surface area contributed by atoms with Gasteiger partial charge in [-0.2, -0.15) is 0 Å². The molecule has 8 nitrogen and oxygen atoms in total. The van der Waals surface area contributed by atoms with Crippen LogP contribution in [0.3, 0.4) is 0 Å². The number of phenolic OH excluding ortho intramolecular Hbond substituents is 4. The van der Waals surface area contributed by atoms with E-state index in [2.05, 4.69) is 10.6 Å². The third-order valence-electron chi connectivity index (χ3n) is 5.47. The second kappa shape index (κ2) is 9.39. The highest BCUT2D eigenvalue weighted by molar-refractivity contribution is 5.95. The number of carbonyl (C=O) groups is 2. The third-order valence-corrected chi connectivity index (χ3v) is 5.47. The van der Waals surface area contributed by atoms with Crippen LogP contribution in [-0.2, 0) is 0 Å². The average molecular weight is 414 g/mol. The van der Waals surface area contributed by atoms with Gasteiger partial charge in [0.25, 0.3) is 11.8 Å². The van der Waals surface area contributed by atoms with Crippen molar-refractivity contribution in [3.05, 3.63) is 47.5 Å². The summed E-state index contributed by atoms with van der Waals surface area (Å²) in [5, 5.41) is 43.5. The van der Waals surface area contributed by atoms with Crippen LogP contribution < -0.4 is 10.6 Å². The second-order valence-corrected chi connectivity index (χ2v) is 7.73. The van der Waals surface area contributed by atoms with Gasteiger partial charge in [0.2, 0.25) is 0 Å². The van der Waals surface area contributed by atoms with Gasteiger partial charge in [-0.05, 0) is 67.5 Å². The highest BCUT2D eigenvalue weighted by atomic mass is 16.3. The minimum Gasteiger partial charge on any atom is -0.504 e. The van der Waals surface area contributed by atoms with Gasteiger partial charge in [0.15, 0.2) is 23.0 Å². The molecule has 160 valence electrons. The van der Waals surface area contributed by atoms with E-state index >= 15 is 0 Å². The Labute approximate surface area is 174 Å². The normalized spacial score (nSPS) is 18.5. The minimum atomic E-state index is -0.335. The van der Waals surface area contributed by atoms with E-state index in [9.17, 15) is 30.0 Å². The molecule has 0 spiro atoms. The molecule has 0 aromatic heterocycles. The van der Waals surface area contributed by atoms with E-state index in [-0.39, 0.29) is 57.8 Å². The summed E-state index contributed by atoms with van der Waals surface area (Å²) < 4.78 is 0. The molecule has 1 aliphatic rings. The van der Waals surface area contributed by atoms with Crippen molar-refractivity contribution in [3.63, 3.8) is 0 Å². The number of phenols is 4. The molecule has 0 unspecified atom stereocenters. The van der Waals surface area contributed by atoms with Gasteiger partial charge in [-0.1, -0.05) is 6.42 Å². The van der Waals surface area contributed by atoms with Crippen LogP contribution in [0.1, 0.15) is 46.4 Å². The average Bonchev–Trinajstić information content (AvgIpc) is 2.74. The molecule has 2 aromatic carbocycles. The first-order chi connectivity index (χ1) is 14.3. The molecule has 0 bridgehead atoms. The molecule has 0 aliphatic heterocycles. The molecule has 1 fully saturated rings. The lowest BCUT2D eigenvalue weighted by atomic mass is 9.81. The van der Waals surface area contributed by atoms with Crippen LogP contribution in [0.4, 0.5) is 0 Å². The number of carbonyl (C=O) groups excluding carboxylic acids is 2. The van der Waals surface area contributed by atoms with Crippen molar-refractivity contribution in [3.8, 4) is 23.0 Å². The summed E-state index contributed by atoms with van der Waals surface area (Å²) in [5.41, 5.74) is 0.559. The van der Waals surface area contributed by atoms with E-state index < -0.39 is 0 Å².